The minimum Gasteiger partial charge on any atom is -0.494 e. The van der Waals surface area contributed by atoms with E-state index in [1.165, 1.54) is 5.56 Å². The second-order valence-corrected chi connectivity index (χ2v) is 9.65. The molecule has 5 rings (SSSR count). The Bertz CT molecular complexity index is 1720. The molecule has 0 aliphatic carbocycles. The maximum atomic E-state index is 12.3. The lowest BCUT2D eigenvalue weighted by Gasteiger charge is -2.08. The SMILES string of the molecule is O=C(C#Cc1ccc2c(C(=Nc3ccc(CI)cc3)c3ccccc3)c(O)[nH]c2c1)Nc1cccc(Cl)c1. The Labute approximate surface area is 238 Å². The fourth-order valence-corrected chi connectivity index (χ4v) is 4.71. The maximum Gasteiger partial charge on any atom is 0.300 e. The van der Waals surface area contributed by atoms with Crippen molar-refractivity contribution in [1.29, 1.82) is 0 Å². The number of amides is 1. The number of carbonyl (C=O) groups is 1. The molecule has 0 saturated heterocycles. The molecule has 0 aliphatic heterocycles. The minimum absolute atomic E-state index is 0.00953. The Kier molecular flexibility index (Phi) is 7.78. The van der Waals surface area contributed by atoms with Crippen LogP contribution in [0.5, 0.6) is 5.88 Å². The molecule has 1 heterocycles. The lowest BCUT2D eigenvalue weighted by atomic mass is 10.00. The molecular weight excluding hydrogens is 609 g/mol. The highest BCUT2D eigenvalue weighted by Crippen LogP contribution is 2.32. The number of H-pyrrole nitrogens is 1. The van der Waals surface area contributed by atoms with E-state index >= 15 is 0 Å². The zero-order valence-electron chi connectivity index (χ0n) is 20.0. The van der Waals surface area contributed by atoms with E-state index in [-0.39, 0.29) is 5.88 Å². The van der Waals surface area contributed by atoms with E-state index in [0.29, 0.717) is 33.1 Å². The van der Waals surface area contributed by atoms with Crippen molar-refractivity contribution in [1.82, 2.24) is 4.98 Å². The summed E-state index contributed by atoms with van der Waals surface area (Å²) in [5.41, 5.74) is 6.02. The maximum absolute atomic E-state index is 12.3. The first-order chi connectivity index (χ1) is 18.5. The summed E-state index contributed by atoms with van der Waals surface area (Å²) in [6.45, 7) is 0. The summed E-state index contributed by atoms with van der Waals surface area (Å²) in [4.78, 5) is 20.3. The van der Waals surface area contributed by atoms with Crippen LogP contribution >= 0.6 is 34.2 Å². The van der Waals surface area contributed by atoms with Crippen molar-refractivity contribution in [2.24, 2.45) is 4.99 Å². The molecule has 5 nitrogen and oxygen atoms in total. The van der Waals surface area contributed by atoms with Crippen molar-refractivity contribution < 1.29 is 9.90 Å². The van der Waals surface area contributed by atoms with E-state index in [1.807, 2.05) is 54.6 Å². The molecule has 0 spiro atoms. The third kappa shape index (κ3) is 5.91. The van der Waals surface area contributed by atoms with Gasteiger partial charge in [-0.1, -0.05) is 94.7 Å². The standard InChI is InChI=1S/C31H21ClIN3O2/c32-23-7-4-8-25(18-23)34-28(37)16-12-20-11-15-26-27(17-20)36-31(38)29(26)30(22-5-2-1-3-6-22)35-24-13-9-21(19-33)10-14-24/h1-11,13-15,17-18,36,38H,19H2,(H,34,37). The van der Waals surface area contributed by atoms with Gasteiger partial charge in [-0.2, -0.15) is 0 Å². The molecule has 0 unspecified atom stereocenters. The van der Waals surface area contributed by atoms with E-state index in [0.717, 1.165) is 21.1 Å². The van der Waals surface area contributed by atoms with Crippen LogP contribution in [0.3, 0.4) is 0 Å². The van der Waals surface area contributed by atoms with E-state index in [2.05, 4.69) is 56.9 Å². The molecule has 7 heteroatoms. The number of aromatic amines is 1. The summed E-state index contributed by atoms with van der Waals surface area (Å²) >= 11 is 8.30. The highest BCUT2D eigenvalue weighted by atomic mass is 127. The number of rotatable bonds is 5. The normalized spacial score (nSPS) is 11.2. The quantitative estimate of drug-likeness (QED) is 0.0810. The highest BCUT2D eigenvalue weighted by Gasteiger charge is 2.19. The molecule has 0 bridgehead atoms. The Morgan fingerprint density at radius 2 is 1.76 bits per heavy atom. The van der Waals surface area contributed by atoms with Crippen molar-refractivity contribution in [3.05, 3.63) is 124 Å². The number of alkyl halides is 1. The zero-order chi connectivity index (χ0) is 26.5. The van der Waals surface area contributed by atoms with Crippen molar-refractivity contribution >= 4 is 68.1 Å². The van der Waals surface area contributed by atoms with Gasteiger partial charge >= 0.3 is 5.91 Å². The molecule has 1 amide bonds. The predicted molar refractivity (Wildman–Crippen MR) is 163 cm³/mol. The summed E-state index contributed by atoms with van der Waals surface area (Å²) < 4.78 is 0.921. The van der Waals surface area contributed by atoms with Gasteiger partial charge in [-0.3, -0.25) is 4.79 Å². The van der Waals surface area contributed by atoms with Gasteiger partial charge in [0.05, 0.1) is 22.5 Å². The third-order valence-electron chi connectivity index (χ3n) is 5.80. The van der Waals surface area contributed by atoms with Gasteiger partial charge in [-0.25, -0.2) is 4.99 Å². The van der Waals surface area contributed by atoms with Gasteiger partial charge in [0.15, 0.2) is 5.88 Å². The van der Waals surface area contributed by atoms with E-state index in [1.54, 1.807) is 30.3 Å². The summed E-state index contributed by atoms with van der Waals surface area (Å²) in [5, 5.41) is 15.0. The number of aromatic hydroxyl groups is 1. The Hall–Kier alpha value is -4.06. The van der Waals surface area contributed by atoms with Gasteiger partial charge in [0.1, 0.15) is 0 Å². The van der Waals surface area contributed by atoms with Crippen LogP contribution in [0.25, 0.3) is 10.9 Å². The number of nitrogens with one attached hydrogen (secondary N) is 2. The lowest BCUT2D eigenvalue weighted by Crippen LogP contribution is -2.08. The first kappa shape index (κ1) is 25.6. The summed E-state index contributed by atoms with van der Waals surface area (Å²) in [6.07, 6.45) is 0. The molecule has 186 valence electrons. The lowest BCUT2D eigenvalue weighted by molar-refractivity contribution is -0.111. The molecule has 4 aromatic carbocycles. The third-order valence-corrected chi connectivity index (χ3v) is 6.91. The van der Waals surface area contributed by atoms with Crippen LogP contribution in [-0.2, 0) is 9.22 Å². The fourth-order valence-electron chi connectivity index (χ4n) is 4.01. The second-order valence-electron chi connectivity index (χ2n) is 8.45. The summed E-state index contributed by atoms with van der Waals surface area (Å²) in [7, 11) is 0. The topological polar surface area (TPSA) is 77.5 Å². The van der Waals surface area contributed by atoms with Gasteiger partial charge in [0, 0.05) is 37.6 Å². The van der Waals surface area contributed by atoms with Crippen molar-refractivity contribution in [3.8, 4) is 17.7 Å². The molecule has 0 radical (unpaired) electrons. The number of nitrogens with zero attached hydrogens (tertiary/aromatic N) is 1. The number of fused-ring (bicyclic) bond motifs is 1. The van der Waals surface area contributed by atoms with E-state index in [4.69, 9.17) is 16.6 Å². The molecule has 3 N–H and O–H groups in total. The highest BCUT2D eigenvalue weighted by molar-refractivity contribution is 14.1. The van der Waals surface area contributed by atoms with Crippen LogP contribution in [0, 0.1) is 11.8 Å². The summed E-state index contributed by atoms with van der Waals surface area (Å²) in [6, 6.07) is 30.2. The molecule has 38 heavy (non-hydrogen) atoms. The molecule has 0 saturated carbocycles. The van der Waals surface area contributed by atoms with Crippen molar-refractivity contribution in [3.63, 3.8) is 0 Å². The number of aliphatic imine (C=N–C) groups is 1. The van der Waals surface area contributed by atoms with Crippen LogP contribution in [0.15, 0.2) is 102 Å². The predicted octanol–water partition coefficient (Wildman–Crippen LogP) is 7.62. The number of carbonyl (C=O) groups excluding carboxylic acids is 1. The first-order valence-corrected chi connectivity index (χ1v) is 13.6. The van der Waals surface area contributed by atoms with E-state index < -0.39 is 5.91 Å². The molecular formula is C31H21ClIN3O2. The van der Waals surface area contributed by atoms with Gasteiger partial charge in [-0.15, -0.1) is 0 Å². The van der Waals surface area contributed by atoms with Gasteiger partial charge < -0.3 is 15.4 Å². The average Bonchev–Trinajstić information content (AvgIpc) is 3.26. The van der Waals surface area contributed by atoms with Gasteiger partial charge in [0.25, 0.3) is 0 Å². The van der Waals surface area contributed by atoms with Crippen LogP contribution in [0.1, 0.15) is 22.3 Å². The molecule has 0 atom stereocenters. The van der Waals surface area contributed by atoms with Crippen LogP contribution in [-0.4, -0.2) is 21.7 Å². The number of anilines is 1. The van der Waals surface area contributed by atoms with Crippen LogP contribution in [0.2, 0.25) is 5.02 Å². The Morgan fingerprint density at radius 3 is 2.50 bits per heavy atom. The number of hydrogen-bond acceptors (Lipinski definition) is 3. The summed E-state index contributed by atoms with van der Waals surface area (Å²) in [5.74, 6) is 5.04. The van der Waals surface area contributed by atoms with Crippen molar-refractivity contribution in [2.45, 2.75) is 4.43 Å². The zero-order valence-corrected chi connectivity index (χ0v) is 22.9. The Balaban J connectivity index is 1.50. The van der Waals surface area contributed by atoms with Crippen molar-refractivity contribution in [2.75, 3.05) is 5.32 Å². The van der Waals surface area contributed by atoms with Crippen LogP contribution in [0.4, 0.5) is 11.4 Å². The number of aromatic nitrogens is 1. The molecule has 0 aliphatic rings. The molecule has 0 fully saturated rings. The monoisotopic (exact) mass is 629 g/mol. The number of hydrogen-bond donors (Lipinski definition) is 3. The first-order valence-electron chi connectivity index (χ1n) is 11.7. The van der Waals surface area contributed by atoms with Gasteiger partial charge in [0.2, 0.25) is 0 Å². The van der Waals surface area contributed by atoms with E-state index in [9.17, 15) is 9.90 Å². The smallest absolute Gasteiger partial charge is 0.300 e. The largest absolute Gasteiger partial charge is 0.494 e. The molecule has 1 aromatic heterocycles. The molecule has 5 aromatic rings. The van der Waals surface area contributed by atoms with Crippen LogP contribution < -0.4 is 5.32 Å². The number of halogens is 2. The fraction of sp³-hybridized carbons (Fsp3) is 0.0323. The average molecular weight is 630 g/mol. The van der Waals surface area contributed by atoms with Gasteiger partial charge in [-0.05, 0) is 48.0 Å². The minimum atomic E-state index is -0.450. The second kappa shape index (κ2) is 11.5. The number of benzene rings is 4. The Morgan fingerprint density at radius 1 is 0.974 bits per heavy atom.